The fourth-order valence-electron chi connectivity index (χ4n) is 0.816. The van der Waals surface area contributed by atoms with E-state index >= 15 is 0 Å². The molecule has 0 amide bonds. The second-order valence-electron chi connectivity index (χ2n) is 2.58. The first kappa shape index (κ1) is 15.4. The van der Waals surface area contributed by atoms with Crippen LogP contribution >= 0.6 is 0 Å². The molecule has 0 unspecified atom stereocenters. The Hall–Kier alpha value is -0.0366. The van der Waals surface area contributed by atoms with Gasteiger partial charge in [0.05, 0.1) is 0 Å². The summed E-state index contributed by atoms with van der Waals surface area (Å²) in [5, 5.41) is 8.69. The molecule has 8 heteroatoms. The van der Waals surface area contributed by atoms with Crippen LogP contribution in [0.5, 0.6) is 0 Å². The molecule has 0 aliphatic carbocycles. The molecule has 13 heavy (non-hydrogen) atoms. The van der Waals surface area contributed by atoms with Gasteiger partial charge in [-0.25, -0.2) is 0 Å². The van der Waals surface area contributed by atoms with Crippen molar-refractivity contribution in [3.63, 3.8) is 0 Å². The zero-order valence-electron chi connectivity index (χ0n) is 7.73. The molecule has 0 aromatic heterocycles. The van der Waals surface area contributed by atoms with Crippen LogP contribution < -0.4 is 3.46 Å². The summed E-state index contributed by atoms with van der Waals surface area (Å²) in [5.74, 6) is 0. The van der Waals surface area contributed by atoms with E-state index in [1.165, 1.54) is 0 Å². The van der Waals surface area contributed by atoms with E-state index in [1.54, 1.807) is 0 Å². The van der Waals surface area contributed by atoms with Gasteiger partial charge in [-0.15, -0.1) is 0 Å². The molecular weight excluding hydrogens is 252 g/mol. The Morgan fingerprint density at radius 3 is 1.77 bits per heavy atom. The summed E-state index contributed by atoms with van der Waals surface area (Å²) in [6, 6.07) is 0. The van der Waals surface area contributed by atoms with Crippen LogP contribution in [-0.2, 0) is 31.3 Å². The molecule has 0 heterocycles. The minimum absolute atomic E-state index is 0.250. The number of hydrogen-bond donors (Lipinski definition) is 3. The molecule has 0 rings (SSSR count). The molecule has 0 bridgehead atoms. The van der Waals surface area contributed by atoms with Gasteiger partial charge < -0.3 is 5.11 Å². The molecule has 0 aromatic carbocycles. The fraction of sp³-hybridized carbons (Fsp3) is 0.800. The van der Waals surface area contributed by atoms with Gasteiger partial charge in [0, 0.05) is 0 Å². The van der Waals surface area contributed by atoms with Crippen LogP contribution in [-0.4, -0.2) is 24.5 Å². The van der Waals surface area contributed by atoms with Crippen molar-refractivity contribution in [2.45, 2.75) is 23.9 Å². The van der Waals surface area contributed by atoms with E-state index in [2.05, 4.69) is 3.46 Å². The van der Waals surface area contributed by atoms with E-state index in [0.717, 1.165) is 10.0 Å². The molecular formula is C5H14NO5SZn. The fourth-order valence-corrected chi connectivity index (χ4v) is 9.04. The van der Waals surface area contributed by atoms with Gasteiger partial charge in [-0.3, -0.25) is 4.79 Å². The van der Waals surface area contributed by atoms with Crippen LogP contribution in [0, 0.1) is 0 Å². The topological polar surface area (TPSA) is 104 Å². The first-order valence-electron chi connectivity index (χ1n) is 3.98. The summed E-state index contributed by atoms with van der Waals surface area (Å²) in [6.07, 6.45) is 0. The maximum absolute atomic E-state index is 10.3. The number of nitrogens with one attached hydrogen (secondary N) is 1. The monoisotopic (exact) mass is 264 g/mol. The molecule has 6 nitrogen and oxygen atoms in total. The number of carbonyl (C=O) groups is 1. The Morgan fingerprint density at radius 2 is 1.69 bits per heavy atom. The average molecular weight is 266 g/mol. The molecule has 77 valence electrons. The van der Waals surface area contributed by atoms with Gasteiger partial charge in [0.15, 0.2) is 0 Å². The van der Waals surface area contributed by atoms with E-state index in [-0.39, 0.29) is 6.47 Å². The van der Waals surface area contributed by atoms with Crippen molar-refractivity contribution in [2.24, 2.45) is 0 Å². The number of carboxylic acid groups (broad SMARTS) is 1. The number of rotatable bonds is 4. The molecule has 0 aliphatic rings. The molecule has 0 spiro atoms. The van der Waals surface area contributed by atoms with E-state index in [9.17, 15) is 8.42 Å². The van der Waals surface area contributed by atoms with Crippen LogP contribution in [0.3, 0.4) is 0 Å². The SMILES string of the molecule is C[CH2][Zn]([CH2]C)[NH]S(=O)(=O)O.O=CO. The van der Waals surface area contributed by atoms with Crippen LogP contribution in [0.4, 0.5) is 0 Å². The summed E-state index contributed by atoms with van der Waals surface area (Å²) >= 11 is -2.04. The Bertz CT molecular complexity index is 213. The normalized spacial score (nSPS) is 9.77. The third kappa shape index (κ3) is 14.8. The summed E-state index contributed by atoms with van der Waals surface area (Å²) in [7, 11) is -3.90. The van der Waals surface area contributed by atoms with Gasteiger partial charge in [0.1, 0.15) is 0 Å². The Labute approximate surface area is 83.4 Å². The summed E-state index contributed by atoms with van der Waals surface area (Å²) in [5.41, 5.74) is 0. The first-order valence-corrected chi connectivity index (χ1v) is 11.1. The zero-order valence-corrected chi connectivity index (χ0v) is 11.5. The van der Waals surface area contributed by atoms with Crippen molar-refractivity contribution in [1.29, 1.82) is 0 Å². The molecule has 0 aromatic rings. The molecule has 0 saturated carbocycles. The molecule has 0 radical (unpaired) electrons. The molecule has 0 fully saturated rings. The maximum Gasteiger partial charge on any atom is 0.290 e. The quantitative estimate of drug-likeness (QED) is 0.390. The van der Waals surface area contributed by atoms with Crippen molar-refractivity contribution < 1.29 is 39.1 Å². The van der Waals surface area contributed by atoms with Crippen LogP contribution in [0.1, 0.15) is 13.8 Å². The first-order chi connectivity index (χ1) is 5.91. The van der Waals surface area contributed by atoms with Crippen LogP contribution in [0.15, 0.2) is 0 Å². The predicted octanol–water partition coefficient (Wildman–Crippen LogP) is 0.489. The van der Waals surface area contributed by atoms with E-state index in [0.29, 0.717) is 0 Å². The smallest absolute Gasteiger partial charge is 0.290 e. The van der Waals surface area contributed by atoms with Gasteiger partial charge in [-0.2, -0.15) is 0 Å². The van der Waals surface area contributed by atoms with Crippen LogP contribution in [0.25, 0.3) is 0 Å². The van der Waals surface area contributed by atoms with Crippen molar-refractivity contribution in [3.05, 3.63) is 0 Å². The van der Waals surface area contributed by atoms with Gasteiger partial charge >= 0.3 is 66.8 Å². The maximum atomic E-state index is 10.3. The van der Waals surface area contributed by atoms with Gasteiger partial charge in [-0.05, 0) is 0 Å². The van der Waals surface area contributed by atoms with Crippen molar-refractivity contribution in [2.75, 3.05) is 0 Å². The molecule has 0 saturated heterocycles. The third-order valence-electron chi connectivity index (χ3n) is 1.59. The van der Waals surface area contributed by atoms with Crippen LogP contribution in [0.2, 0.25) is 10.0 Å². The average Bonchev–Trinajstić information content (AvgIpc) is 2.00. The minimum Gasteiger partial charge on any atom is -0.483 e. The predicted molar refractivity (Wildman–Crippen MR) is 44.3 cm³/mol. The zero-order chi connectivity index (χ0) is 10.9. The molecule has 0 atom stereocenters. The van der Waals surface area contributed by atoms with Crippen molar-refractivity contribution in [1.82, 2.24) is 3.46 Å². The second kappa shape index (κ2) is 8.56. The summed E-state index contributed by atoms with van der Waals surface area (Å²) in [6.45, 7) is 3.64. The largest absolute Gasteiger partial charge is 0.483 e. The van der Waals surface area contributed by atoms with Gasteiger partial charge in [-0.1, -0.05) is 0 Å². The number of hydrogen-bond acceptors (Lipinski definition) is 3. The summed E-state index contributed by atoms with van der Waals surface area (Å²) in [4.78, 5) is 8.36. The van der Waals surface area contributed by atoms with E-state index in [1.807, 2.05) is 13.8 Å². The summed E-state index contributed by atoms with van der Waals surface area (Å²) < 4.78 is 31.2. The van der Waals surface area contributed by atoms with Gasteiger partial charge in [0.2, 0.25) is 0 Å². The standard InChI is InChI=1S/2C2H5.CH2O2.H2NO3S.Zn/c2*1-2;2-1-3;1-5(2,3)4;/h2*1H2,2H3;1H,(H,2,3);(H2-,1,2,3,4);/q;;;-1;+1. The minimum atomic E-state index is -3.90. The van der Waals surface area contributed by atoms with Crippen molar-refractivity contribution in [3.8, 4) is 0 Å². The second-order valence-corrected chi connectivity index (χ2v) is 13.4. The van der Waals surface area contributed by atoms with E-state index < -0.39 is 26.5 Å². The Balaban J connectivity index is 0. The molecule has 3 N–H and O–H groups in total. The Kier molecular flexibility index (Phi) is 10.2. The van der Waals surface area contributed by atoms with Crippen molar-refractivity contribution >= 4 is 16.8 Å². The van der Waals surface area contributed by atoms with E-state index in [4.69, 9.17) is 14.5 Å². The van der Waals surface area contributed by atoms with Gasteiger partial charge in [0.25, 0.3) is 6.47 Å². The molecule has 0 aliphatic heterocycles. The Morgan fingerprint density at radius 1 is 1.38 bits per heavy atom. The third-order valence-corrected chi connectivity index (χ3v) is 12.3.